The van der Waals surface area contributed by atoms with Crippen LogP contribution in [0, 0.1) is 5.92 Å². The molecule has 1 saturated carbocycles. The Labute approximate surface area is 227 Å². The molecular formula is C29H34N6O4. The van der Waals surface area contributed by atoms with Crippen LogP contribution in [0.5, 0.6) is 5.75 Å². The number of pyridine rings is 1. The first-order valence-corrected chi connectivity index (χ1v) is 14.0. The van der Waals surface area contributed by atoms with Crippen LogP contribution in [-0.2, 0) is 9.59 Å². The predicted molar refractivity (Wildman–Crippen MR) is 146 cm³/mol. The standard InChI is InChI=1S/C29H34N6O4/c1-2-38-24-10-8-23(9-11-24)35-19-22(17-26(35)36)29(37)34-15-13-33(14-16-34)25-12-7-21(18-30-25)27-31-28(39-32-27)20-5-3-4-6-20/h7-12,18,20,22H,2-6,13-17,19H2,1H3. The van der Waals surface area contributed by atoms with Gasteiger partial charge in [0.1, 0.15) is 11.6 Å². The highest BCUT2D eigenvalue weighted by molar-refractivity contribution is 6.00. The zero-order valence-electron chi connectivity index (χ0n) is 22.3. The van der Waals surface area contributed by atoms with Crippen LogP contribution in [0.25, 0.3) is 11.4 Å². The molecule has 3 aromatic rings. The topological polar surface area (TPSA) is 105 Å². The van der Waals surface area contributed by atoms with E-state index in [4.69, 9.17) is 9.26 Å². The van der Waals surface area contributed by atoms with Crippen LogP contribution in [0.1, 0.15) is 50.8 Å². The zero-order valence-corrected chi connectivity index (χ0v) is 22.3. The number of amides is 2. The summed E-state index contributed by atoms with van der Waals surface area (Å²) >= 11 is 0. The lowest BCUT2D eigenvalue weighted by Crippen LogP contribution is -2.51. The van der Waals surface area contributed by atoms with E-state index in [0.29, 0.717) is 51.1 Å². The maximum Gasteiger partial charge on any atom is 0.230 e. The third-order valence-electron chi connectivity index (χ3n) is 8.00. The van der Waals surface area contributed by atoms with Gasteiger partial charge in [0.2, 0.25) is 23.5 Å². The summed E-state index contributed by atoms with van der Waals surface area (Å²) in [5.74, 6) is 3.05. The van der Waals surface area contributed by atoms with Gasteiger partial charge in [-0.05, 0) is 56.2 Å². The molecule has 3 aliphatic rings. The summed E-state index contributed by atoms with van der Waals surface area (Å²) in [5.41, 5.74) is 1.64. The van der Waals surface area contributed by atoms with Crippen molar-refractivity contribution in [1.82, 2.24) is 20.0 Å². The van der Waals surface area contributed by atoms with Gasteiger partial charge < -0.3 is 24.0 Å². The van der Waals surface area contributed by atoms with Gasteiger partial charge in [0, 0.05) is 62.5 Å². The van der Waals surface area contributed by atoms with E-state index in [1.807, 2.05) is 48.2 Å². The molecule has 1 aromatic carbocycles. The number of carbonyl (C=O) groups excluding carboxylic acids is 2. The Morgan fingerprint density at radius 1 is 1.05 bits per heavy atom. The molecular weight excluding hydrogens is 496 g/mol. The smallest absolute Gasteiger partial charge is 0.230 e. The quantitative estimate of drug-likeness (QED) is 0.453. The van der Waals surface area contributed by atoms with E-state index in [0.717, 1.165) is 41.6 Å². The highest BCUT2D eigenvalue weighted by Gasteiger charge is 2.38. The Hall–Kier alpha value is -3.95. The second-order valence-corrected chi connectivity index (χ2v) is 10.5. The largest absolute Gasteiger partial charge is 0.494 e. The molecule has 1 atom stereocenters. The van der Waals surface area contributed by atoms with Gasteiger partial charge in [-0.1, -0.05) is 18.0 Å². The molecule has 10 heteroatoms. The molecule has 2 aliphatic heterocycles. The monoisotopic (exact) mass is 530 g/mol. The van der Waals surface area contributed by atoms with Crippen molar-refractivity contribution in [1.29, 1.82) is 0 Å². The molecule has 1 unspecified atom stereocenters. The maximum atomic E-state index is 13.3. The molecule has 0 bridgehead atoms. The van der Waals surface area contributed by atoms with Gasteiger partial charge >= 0.3 is 0 Å². The average molecular weight is 531 g/mol. The highest BCUT2D eigenvalue weighted by Crippen LogP contribution is 2.34. The number of benzene rings is 1. The summed E-state index contributed by atoms with van der Waals surface area (Å²) < 4.78 is 11.0. The number of ether oxygens (including phenoxy) is 1. The summed E-state index contributed by atoms with van der Waals surface area (Å²) in [4.78, 5) is 41.0. The number of piperazine rings is 1. The molecule has 3 fully saturated rings. The van der Waals surface area contributed by atoms with Crippen molar-refractivity contribution in [2.24, 2.45) is 5.92 Å². The third-order valence-corrected chi connectivity index (χ3v) is 8.00. The molecule has 0 radical (unpaired) electrons. The van der Waals surface area contributed by atoms with Gasteiger partial charge in [0.05, 0.1) is 12.5 Å². The molecule has 2 saturated heterocycles. The van der Waals surface area contributed by atoms with Crippen molar-refractivity contribution in [3.05, 3.63) is 48.5 Å². The minimum absolute atomic E-state index is 0.0163. The Morgan fingerprint density at radius 3 is 2.51 bits per heavy atom. The zero-order chi connectivity index (χ0) is 26.8. The SMILES string of the molecule is CCOc1ccc(N2CC(C(=O)N3CCN(c4ccc(-c5noc(C6CCCC6)n5)cn4)CC3)CC2=O)cc1. The normalized spacial score (nSPS) is 20.2. The number of hydrogen-bond acceptors (Lipinski definition) is 8. The van der Waals surface area contributed by atoms with E-state index >= 15 is 0 Å². The van der Waals surface area contributed by atoms with Crippen molar-refractivity contribution in [2.45, 2.75) is 44.9 Å². The molecule has 2 amide bonds. The van der Waals surface area contributed by atoms with Gasteiger partial charge in [-0.25, -0.2) is 4.98 Å². The first-order chi connectivity index (χ1) is 19.1. The molecule has 10 nitrogen and oxygen atoms in total. The van der Waals surface area contributed by atoms with E-state index in [1.54, 1.807) is 11.1 Å². The van der Waals surface area contributed by atoms with Crippen molar-refractivity contribution in [3.8, 4) is 17.1 Å². The Kier molecular flexibility index (Phi) is 7.17. The first kappa shape index (κ1) is 25.3. The molecule has 6 rings (SSSR count). The van der Waals surface area contributed by atoms with Gasteiger partial charge in [-0.15, -0.1) is 0 Å². The minimum atomic E-state index is -0.322. The Morgan fingerprint density at radius 2 is 1.82 bits per heavy atom. The van der Waals surface area contributed by atoms with Gasteiger partial charge in [-0.2, -0.15) is 4.98 Å². The molecule has 0 spiro atoms. The maximum absolute atomic E-state index is 13.3. The number of nitrogens with zero attached hydrogens (tertiary/aromatic N) is 6. The summed E-state index contributed by atoms with van der Waals surface area (Å²) in [6.45, 7) is 5.52. The molecule has 4 heterocycles. The van der Waals surface area contributed by atoms with Crippen LogP contribution < -0.4 is 14.5 Å². The van der Waals surface area contributed by atoms with Crippen LogP contribution >= 0.6 is 0 Å². The first-order valence-electron chi connectivity index (χ1n) is 14.0. The second-order valence-electron chi connectivity index (χ2n) is 10.5. The number of aromatic nitrogens is 3. The fourth-order valence-electron chi connectivity index (χ4n) is 5.82. The summed E-state index contributed by atoms with van der Waals surface area (Å²) in [7, 11) is 0. The van der Waals surface area contributed by atoms with Crippen molar-refractivity contribution < 1.29 is 18.8 Å². The van der Waals surface area contributed by atoms with Gasteiger partial charge in [0.25, 0.3) is 0 Å². The molecule has 39 heavy (non-hydrogen) atoms. The average Bonchev–Trinajstić information content (AvgIpc) is 3.75. The molecule has 1 aliphatic carbocycles. The van der Waals surface area contributed by atoms with Crippen molar-refractivity contribution >= 4 is 23.3 Å². The molecule has 204 valence electrons. The van der Waals surface area contributed by atoms with Crippen LogP contribution in [-0.4, -0.2) is 71.2 Å². The van der Waals surface area contributed by atoms with E-state index in [-0.39, 0.29) is 24.2 Å². The lowest BCUT2D eigenvalue weighted by molar-refractivity contribution is -0.136. The minimum Gasteiger partial charge on any atom is -0.494 e. The number of anilines is 2. The highest BCUT2D eigenvalue weighted by atomic mass is 16.5. The number of carbonyl (C=O) groups is 2. The van der Waals surface area contributed by atoms with Crippen LogP contribution in [0.4, 0.5) is 11.5 Å². The lowest BCUT2D eigenvalue weighted by Gasteiger charge is -2.36. The lowest BCUT2D eigenvalue weighted by atomic mass is 10.1. The van der Waals surface area contributed by atoms with E-state index in [1.165, 1.54) is 12.8 Å². The summed E-state index contributed by atoms with van der Waals surface area (Å²) in [5, 5.41) is 4.16. The van der Waals surface area contributed by atoms with Gasteiger partial charge in [-0.3, -0.25) is 9.59 Å². The molecule has 0 N–H and O–H groups in total. The fraction of sp³-hybridized carbons (Fsp3) is 0.483. The van der Waals surface area contributed by atoms with Crippen molar-refractivity contribution in [2.75, 3.05) is 49.1 Å². The van der Waals surface area contributed by atoms with Gasteiger partial charge in [0.15, 0.2) is 0 Å². The van der Waals surface area contributed by atoms with Crippen molar-refractivity contribution in [3.63, 3.8) is 0 Å². The van der Waals surface area contributed by atoms with Crippen LogP contribution in [0.3, 0.4) is 0 Å². The van der Waals surface area contributed by atoms with E-state index in [2.05, 4.69) is 20.0 Å². The van der Waals surface area contributed by atoms with E-state index < -0.39 is 0 Å². The van der Waals surface area contributed by atoms with E-state index in [9.17, 15) is 9.59 Å². The predicted octanol–water partition coefficient (Wildman–Crippen LogP) is 3.89. The summed E-state index contributed by atoms with van der Waals surface area (Å²) in [6, 6.07) is 11.4. The number of rotatable bonds is 7. The number of hydrogen-bond donors (Lipinski definition) is 0. The van der Waals surface area contributed by atoms with Crippen LogP contribution in [0.15, 0.2) is 47.1 Å². The summed E-state index contributed by atoms with van der Waals surface area (Å²) in [6.07, 6.45) is 6.71. The fourth-order valence-corrected chi connectivity index (χ4v) is 5.82. The van der Waals surface area contributed by atoms with Crippen LogP contribution in [0.2, 0.25) is 0 Å². The Bertz CT molecular complexity index is 1290. The second kappa shape index (κ2) is 11.0. The Balaban J connectivity index is 1.02. The molecule has 2 aromatic heterocycles. The third kappa shape index (κ3) is 5.32.